The van der Waals surface area contributed by atoms with Gasteiger partial charge in [-0.05, 0) is 31.4 Å². The lowest BCUT2D eigenvalue weighted by molar-refractivity contribution is -0.142. The Balaban J connectivity index is 1.47. The number of hydrogen-bond donors (Lipinski definition) is 1. The minimum absolute atomic E-state index is 0.190. The van der Waals surface area contributed by atoms with E-state index in [2.05, 4.69) is 10.3 Å². The third kappa shape index (κ3) is 2.82. The van der Waals surface area contributed by atoms with Gasteiger partial charge in [-0.2, -0.15) is 0 Å². The van der Waals surface area contributed by atoms with Gasteiger partial charge in [0.2, 0.25) is 17.7 Å². The molecule has 2 aromatic rings. The molecule has 1 aliphatic carbocycles. The zero-order valence-electron chi connectivity index (χ0n) is 13.9. The van der Waals surface area contributed by atoms with Crippen molar-refractivity contribution in [3.63, 3.8) is 0 Å². The molecular formula is C18H19N3O3S. The van der Waals surface area contributed by atoms with Crippen LogP contribution >= 0.6 is 11.3 Å². The van der Waals surface area contributed by atoms with Crippen LogP contribution in [0.5, 0.6) is 0 Å². The molecule has 0 radical (unpaired) electrons. The molecular weight excluding hydrogens is 338 g/mol. The maximum atomic E-state index is 12.4. The highest BCUT2D eigenvalue weighted by molar-refractivity contribution is 7.22. The molecule has 4 rings (SSSR count). The molecule has 1 saturated carbocycles. The number of para-hydroxylation sites is 1. The van der Waals surface area contributed by atoms with Crippen molar-refractivity contribution >= 4 is 44.4 Å². The molecule has 1 aromatic heterocycles. The number of anilines is 1. The van der Waals surface area contributed by atoms with Gasteiger partial charge in [0.1, 0.15) is 6.54 Å². The van der Waals surface area contributed by atoms with Gasteiger partial charge in [0.25, 0.3) is 0 Å². The number of aryl methyl sites for hydroxylation is 1. The van der Waals surface area contributed by atoms with Gasteiger partial charge < -0.3 is 5.32 Å². The lowest BCUT2D eigenvalue weighted by Gasteiger charge is -2.19. The summed E-state index contributed by atoms with van der Waals surface area (Å²) >= 11 is 1.39. The Morgan fingerprint density at radius 3 is 2.56 bits per heavy atom. The first-order valence-electron chi connectivity index (χ1n) is 8.56. The average Bonchev–Trinajstić information content (AvgIpc) is 3.11. The number of nitrogens with zero attached hydrogens (tertiary/aromatic N) is 2. The molecule has 6 nitrogen and oxygen atoms in total. The third-order valence-corrected chi connectivity index (χ3v) is 6.04. The molecule has 1 aliphatic heterocycles. The van der Waals surface area contributed by atoms with Crippen LogP contribution in [0.4, 0.5) is 5.13 Å². The average molecular weight is 357 g/mol. The molecule has 25 heavy (non-hydrogen) atoms. The first kappa shape index (κ1) is 16.2. The van der Waals surface area contributed by atoms with Crippen molar-refractivity contribution in [1.29, 1.82) is 0 Å². The lowest BCUT2D eigenvalue weighted by Crippen LogP contribution is -2.38. The molecule has 0 bridgehead atoms. The van der Waals surface area contributed by atoms with E-state index in [4.69, 9.17) is 0 Å². The monoisotopic (exact) mass is 357 g/mol. The zero-order valence-corrected chi connectivity index (χ0v) is 14.8. The molecule has 2 aliphatic rings. The zero-order chi connectivity index (χ0) is 17.6. The number of benzene rings is 1. The highest BCUT2D eigenvalue weighted by Gasteiger charge is 2.48. The van der Waals surface area contributed by atoms with E-state index < -0.39 is 0 Å². The van der Waals surface area contributed by atoms with Gasteiger partial charge in [0.15, 0.2) is 5.13 Å². The van der Waals surface area contributed by atoms with Gasteiger partial charge in [-0.3, -0.25) is 19.3 Å². The summed E-state index contributed by atoms with van der Waals surface area (Å²) in [4.78, 5) is 42.8. The van der Waals surface area contributed by atoms with E-state index >= 15 is 0 Å². The number of hydrogen-bond acceptors (Lipinski definition) is 5. The fourth-order valence-corrected chi connectivity index (χ4v) is 4.79. The summed E-state index contributed by atoms with van der Waals surface area (Å²) in [5.41, 5.74) is 1.91. The fourth-order valence-electron chi connectivity index (χ4n) is 3.83. The molecule has 2 heterocycles. The van der Waals surface area contributed by atoms with Gasteiger partial charge >= 0.3 is 0 Å². The number of nitrogens with one attached hydrogen (secondary N) is 1. The van der Waals surface area contributed by atoms with Crippen LogP contribution in [0.3, 0.4) is 0 Å². The van der Waals surface area contributed by atoms with Crippen LogP contribution in [0.1, 0.15) is 31.2 Å². The number of carbonyl (C=O) groups is 3. The Bertz CT molecular complexity index is 852. The van der Waals surface area contributed by atoms with Crippen LogP contribution in [0, 0.1) is 18.8 Å². The molecule has 130 valence electrons. The van der Waals surface area contributed by atoms with E-state index in [9.17, 15) is 14.4 Å². The van der Waals surface area contributed by atoms with Gasteiger partial charge in [0.05, 0.1) is 22.1 Å². The minimum atomic E-state index is -0.378. The van der Waals surface area contributed by atoms with Crippen molar-refractivity contribution in [2.24, 2.45) is 11.8 Å². The number of imide groups is 1. The Morgan fingerprint density at radius 2 is 1.92 bits per heavy atom. The summed E-state index contributed by atoms with van der Waals surface area (Å²) in [6.45, 7) is 1.75. The molecule has 1 N–H and O–H groups in total. The van der Waals surface area contributed by atoms with Crippen LogP contribution in [0.2, 0.25) is 0 Å². The Hall–Kier alpha value is -2.28. The number of carbonyl (C=O) groups excluding carboxylic acids is 3. The van der Waals surface area contributed by atoms with Crippen LogP contribution < -0.4 is 5.32 Å². The summed E-state index contributed by atoms with van der Waals surface area (Å²) in [6, 6.07) is 5.87. The van der Waals surface area contributed by atoms with Crippen LogP contribution in [0.25, 0.3) is 10.2 Å². The number of amides is 3. The highest BCUT2D eigenvalue weighted by Crippen LogP contribution is 2.38. The van der Waals surface area contributed by atoms with Crippen molar-refractivity contribution < 1.29 is 14.4 Å². The van der Waals surface area contributed by atoms with Crippen LogP contribution in [0.15, 0.2) is 18.2 Å². The number of likely N-dealkylation sites (tertiary alicyclic amines) is 1. The van der Waals surface area contributed by atoms with Crippen molar-refractivity contribution in [2.75, 3.05) is 11.9 Å². The molecule has 0 unspecified atom stereocenters. The topological polar surface area (TPSA) is 79.4 Å². The molecule has 1 aromatic carbocycles. The quantitative estimate of drug-likeness (QED) is 0.857. The Morgan fingerprint density at radius 1 is 1.24 bits per heavy atom. The summed E-state index contributed by atoms with van der Waals surface area (Å²) in [5.74, 6) is -1.20. The standard InChI is InChI=1S/C18H19N3O3S/c1-10-5-4-8-13-15(10)20-18(25-13)19-14(22)9-21-16(23)11-6-2-3-7-12(11)17(21)24/h4-5,8,11-12H,2-3,6-7,9H2,1H3,(H,19,20,22)/t11-,12+. The van der Waals surface area contributed by atoms with Gasteiger partial charge in [-0.25, -0.2) is 4.98 Å². The van der Waals surface area contributed by atoms with E-state index in [1.54, 1.807) is 0 Å². The fraction of sp³-hybridized carbons (Fsp3) is 0.444. The Kier molecular flexibility index (Phi) is 4.03. The van der Waals surface area contributed by atoms with E-state index in [-0.39, 0.29) is 36.1 Å². The summed E-state index contributed by atoms with van der Waals surface area (Å²) in [5, 5.41) is 3.22. The molecule has 3 amide bonds. The van der Waals surface area contributed by atoms with Crippen LogP contribution in [-0.2, 0) is 14.4 Å². The largest absolute Gasteiger partial charge is 0.300 e. The molecule has 2 fully saturated rings. The predicted octanol–water partition coefficient (Wildman–Crippen LogP) is 2.72. The summed E-state index contributed by atoms with van der Waals surface area (Å²) in [7, 11) is 0. The number of thiazole rings is 1. The Labute approximate surface area is 149 Å². The second kappa shape index (κ2) is 6.22. The molecule has 2 atom stereocenters. The maximum absolute atomic E-state index is 12.4. The van der Waals surface area contributed by atoms with E-state index in [1.165, 1.54) is 11.3 Å². The SMILES string of the molecule is Cc1cccc2sc(NC(=O)CN3C(=O)[C@H]4CCCC[C@H]4C3=O)nc12. The maximum Gasteiger partial charge on any atom is 0.246 e. The van der Waals surface area contributed by atoms with Gasteiger partial charge in [-0.15, -0.1) is 0 Å². The number of aromatic nitrogens is 1. The summed E-state index contributed by atoms with van der Waals surface area (Å²) in [6.07, 6.45) is 3.46. The smallest absolute Gasteiger partial charge is 0.246 e. The lowest BCUT2D eigenvalue weighted by atomic mass is 9.81. The molecule has 7 heteroatoms. The first-order chi connectivity index (χ1) is 12.0. The van der Waals surface area contributed by atoms with Crippen molar-refractivity contribution in [3.8, 4) is 0 Å². The number of rotatable bonds is 3. The highest BCUT2D eigenvalue weighted by atomic mass is 32.1. The minimum Gasteiger partial charge on any atom is -0.300 e. The normalized spacial score (nSPS) is 23.2. The summed E-state index contributed by atoms with van der Waals surface area (Å²) < 4.78 is 0.995. The van der Waals surface area contributed by atoms with Crippen molar-refractivity contribution in [3.05, 3.63) is 23.8 Å². The second-order valence-electron chi connectivity index (χ2n) is 6.75. The first-order valence-corrected chi connectivity index (χ1v) is 9.37. The molecule has 0 spiro atoms. The van der Waals surface area contributed by atoms with E-state index in [0.29, 0.717) is 5.13 Å². The van der Waals surface area contributed by atoms with Crippen molar-refractivity contribution in [2.45, 2.75) is 32.6 Å². The van der Waals surface area contributed by atoms with Crippen molar-refractivity contribution in [1.82, 2.24) is 9.88 Å². The third-order valence-electron chi connectivity index (χ3n) is 5.10. The van der Waals surface area contributed by atoms with E-state index in [1.807, 2.05) is 25.1 Å². The van der Waals surface area contributed by atoms with Gasteiger partial charge in [0, 0.05) is 0 Å². The predicted molar refractivity (Wildman–Crippen MR) is 95.2 cm³/mol. The number of fused-ring (bicyclic) bond motifs is 2. The second-order valence-corrected chi connectivity index (χ2v) is 7.78. The molecule has 1 saturated heterocycles. The van der Waals surface area contributed by atoms with Gasteiger partial charge in [-0.1, -0.05) is 36.3 Å². The van der Waals surface area contributed by atoms with E-state index in [0.717, 1.165) is 46.4 Å². The van der Waals surface area contributed by atoms with Crippen LogP contribution in [-0.4, -0.2) is 34.2 Å².